The van der Waals surface area contributed by atoms with E-state index < -0.39 is 47.9 Å². The first-order valence-electron chi connectivity index (χ1n) is 14.2. The molecule has 12 nitrogen and oxygen atoms in total. The van der Waals surface area contributed by atoms with Crippen molar-refractivity contribution in [2.75, 3.05) is 12.3 Å². The summed E-state index contributed by atoms with van der Waals surface area (Å²) in [6.07, 6.45) is 0.810. The van der Waals surface area contributed by atoms with E-state index in [1.165, 1.54) is 0 Å². The van der Waals surface area contributed by atoms with Gasteiger partial charge in [-0.25, -0.2) is 4.79 Å². The smallest absolute Gasteiger partial charge is 0.327 e. The topological polar surface area (TPSA) is 213 Å². The second-order valence-electron chi connectivity index (χ2n) is 10.4. The number of benzene rings is 3. The molecule has 0 unspecified atom stereocenters. The van der Waals surface area contributed by atoms with Gasteiger partial charge < -0.3 is 37.8 Å². The van der Waals surface area contributed by atoms with Crippen LogP contribution in [0.4, 0.5) is 0 Å². The largest absolute Gasteiger partial charge is 0.480 e. The number of carbonyl (C=O) groups is 4. The number of rotatable bonds is 16. The van der Waals surface area contributed by atoms with Crippen LogP contribution in [0.2, 0.25) is 0 Å². The standard InChI is InChI=1S/C31H39N7O5S/c32-23(16-19-7-2-1-3-8-19)27(39)36-24(11-6-14-35-31(33)34)28(40)37-25(29(41)38-26(18-44)30(42)43)17-20-12-13-21-9-4-5-10-22(21)15-20/h1-5,7-10,12-13,15,23-26,44H,6,11,14,16-18,32H2,(H,36,39)(H,37,40)(H,38,41)(H,42,43)(H4,33,34,35)/t23-,24+,25+,26+/m1/s1. The van der Waals surface area contributed by atoms with Crippen molar-refractivity contribution in [3.8, 4) is 0 Å². The zero-order valence-electron chi connectivity index (χ0n) is 24.2. The van der Waals surface area contributed by atoms with Crippen molar-refractivity contribution < 1.29 is 24.3 Å². The van der Waals surface area contributed by atoms with Gasteiger partial charge in [0.05, 0.1) is 6.04 Å². The van der Waals surface area contributed by atoms with Crippen LogP contribution in [0, 0.1) is 5.41 Å². The predicted octanol–water partition coefficient (Wildman–Crippen LogP) is 0.684. The molecule has 3 amide bonds. The molecule has 44 heavy (non-hydrogen) atoms. The minimum atomic E-state index is -1.27. The summed E-state index contributed by atoms with van der Waals surface area (Å²) < 4.78 is 0. The summed E-state index contributed by atoms with van der Waals surface area (Å²) in [4.78, 5) is 51.6. The summed E-state index contributed by atoms with van der Waals surface area (Å²) >= 11 is 4.02. The number of hydrogen-bond acceptors (Lipinski definition) is 7. The summed E-state index contributed by atoms with van der Waals surface area (Å²) in [5.41, 5.74) is 13.1. The lowest BCUT2D eigenvalue weighted by atomic mass is 10.00. The summed E-state index contributed by atoms with van der Waals surface area (Å²) in [6.45, 7) is 0.272. The molecular weight excluding hydrogens is 582 g/mol. The number of carbonyl (C=O) groups excluding carboxylic acids is 3. The van der Waals surface area contributed by atoms with Gasteiger partial charge in [-0.05, 0) is 41.2 Å². The van der Waals surface area contributed by atoms with Crippen LogP contribution in [0.3, 0.4) is 0 Å². The second kappa shape index (κ2) is 16.9. The van der Waals surface area contributed by atoms with Crippen molar-refractivity contribution in [1.29, 1.82) is 5.41 Å². The van der Waals surface area contributed by atoms with Crippen LogP contribution in [0.15, 0.2) is 72.8 Å². The van der Waals surface area contributed by atoms with Gasteiger partial charge >= 0.3 is 5.97 Å². The maximum absolute atomic E-state index is 13.6. The van der Waals surface area contributed by atoms with E-state index in [2.05, 4.69) is 33.9 Å². The Labute approximate surface area is 261 Å². The van der Waals surface area contributed by atoms with Crippen LogP contribution < -0.4 is 32.7 Å². The van der Waals surface area contributed by atoms with Crippen molar-refractivity contribution in [3.05, 3.63) is 83.9 Å². The maximum Gasteiger partial charge on any atom is 0.327 e. The molecule has 0 spiro atoms. The molecule has 0 bridgehead atoms. The van der Waals surface area contributed by atoms with Crippen LogP contribution >= 0.6 is 12.6 Å². The third-order valence-corrected chi connectivity index (χ3v) is 7.30. The second-order valence-corrected chi connectivity index (χ2v) is 10.7. The van der Waals surface area contributed by atoms with Crippen molar-refractivity contribution in [1.82, 2.24) is 21.3 Å². The van der Waals surface area contributed by atoms with Crippen molar-refractivity contribution in [3.63, 3.8) is 0 Å². The Morgan fingerprint density at radius 2 is 1.39 bits per heavy atom. The maximum atomic E-state index is 13.6. The highest BCUT2D eigenvalue weighted by molar-refractivity contribution is 7.80. The molecule has 0 heterocycles. The fraction of sp³-hybridized carbons (Fsp3) is 0.323. The van der Waals surface area contributed by atoms with Gasteiger partial charge in [-0.1, -0.05) is 72.8 Å². The Morgan fingerprint density at radius 1 is 0.773 bits per heavy atom. The lowest BCUT2D eigenvalue weighted by Crippen LogP contribution is -2.58. The molecule has 10 N–H and O–H groups in total. The van der Waals surface area contributed by atoms with E-state index in [9.17, 15) is 24.3 Å². The first kappa shape index (κ1) is 33.9. The summed E-state index contributed by atoms with van der Waals surface area (Å²) in [5, 5.41) is 29.2. The van der Waals surface area contributed by atoms with E-state index in [1.807, 2.05) is 72.8 Å². The molecular formula is C31H39N7O5S. The first-order chi connectivity index (χ1) is 21.1. The van der Waals surface area contributed by atoms with Crippen LogP contribution in [0.25, 0.3) is 10.8 Å². The van der Waals surface area contributed by atoms with Gasteiger partial charge in [0.2, 0.25) is 17.7 Å². The molecule has 0 radical (unpaired) electrons. The fourth-order valence-electron chi connectivity index (χ4n) is 4.58. The Hall–Kier alpha value is -4.62. The highest BCUT2D eigenvalue weighted by Crippen LogP contribution is 2.17. The molecule has 4 atom stereocenters. The van der Waals surface area contributed by atoms with Gasteiger partial charge in [0, 0.05) is 18.7 Å². The van der Waals surface area contributed by atoms with E-state index in [4.69, 9.17) is 16.9 Å². The normalized spacial score (nSPS) is 13.6. The monoisotopic (exact) mass is 621 g/mol. The number of amides is 3. The Balaban J connectivity index is 1.81. The highest BCUT2D eigenvalue weighted by atomic mass is 32.1. The van der Waals surface area contributed by atoms with Gasteiger partial charge in [0.25, 0.3) is 0 Å². The van der Waals surface area contributed by atoms with Crippen molar-refractivity contribution in [2.24, 2.45) is 11.5 Å². The Morgan fingerprint density at radius 3 is 2.05 bits per heavy atom. The van der Waals surface area contributed by atoms with E-state index in [1.54, 1.807) is 0 Å². The minimum Gasteiger partial charge on any atom is -0.480 e. The zero-order valence-corrected chi connectivity index (χ0v) is 25.1. The summed E-state index contributed by atoms with van der Waals surface area (Å²) in [6, 6.07) is 18.0. The third kappa shape index (κ3) is 10.6. The number of carboxylic acids is 1. The number of nitrogens with one attached hydrogen (secondary N) is 5. The van der Waals surface area contributed by atoms with Gasteiger partial charge in [0.15, 0.2) is 5.96 Å². The number of nitrogens with two attached hydrogens (primary N) is 2. The minimum absolute atomic E-state index is 0.0569. The number of thiol groups is 1. The van der Waals surface area contributed by atoms with E-state index in [0.717, 1.165) is 21.9 Å². The molecule has 0 saturated heterocycles. The molecule has 0 aromatic heterocycles. The number of carboxylic acid groups (broad SMARTS) is 1. The lowest BCUT2D eigenvalue weighted by molar-refractivity contribution is -0.141. The molecule has 0 aliphatic heterocycles. The molecule has 0 saturated carbocycles. The quantitative estimate of drug-likeness (QED) is 0.0479. The van der Waals surface area contributed by atoms with Crippen LogP contribution in [0.5, 0.6) is 0 Å². The molecule has 3 rings (SSSR count). The van der Waals surface area contributed by atoms with Gasteiger partial charge in [-0.15, -0.1) is 0 Å². The van der Waals surface area contributed by atoms with Gasteiger partial charge in [-0.3, -0.25) is 19.8 Å². The number of guanidine groups is 1. The Bertz CT molecular complexity index is 1460. The zero-order chi connectivity index (χ0) is 32.1. The average molecular weight is 622 g/mol. The van der Waals surface area contributed by atoms with Crippen LogP contribution in [-0.4, -0.2) is 71.2 Å². The fourth-order valence-corrected chi connectivity index (χ4v) is 4.83. The average Bonchev–Trinajstić information content (AvgIpc) is 3.00. The molecule has 0 fully saturated rings. The van der Waals surface area contributed by atoms with E-state index >= 15 is 0 Å². The molecule has 0 aliphatic rings. The van der Waals surface area contributed by atoms with Crippen molar-refractivity contribution >= 4 is 53.1 Å². The van der Waals surface area contributed by atoms with Gasteiger partial charge in [-0.2, -0.15) is 12.6 Å². The molecule has 3 aromatic rings. The van der Waals surface area contributed by atoms with Crippen LogP contribution in [-0.2, 0) is 32.0 Å². The van der Waals surface area contributed by atoms with Gasteiger partial charge in [0.1, 0.15) is 18.1 Å². The summed E-state index contributed by atoms with van der Waals surface area (Å²) in [7, 11) is 0. The number of hydrogen-bond donors (Lipinski definition) is 9. The Kier molecular flexibility index (Phi) is 13.0. The SMILES string of the molecule is N=C(N)NCCC[C@H](NC(=O)[C@H](N)Cc1ccccc1)C(=O)N[C@@H](Cc1ccc2ccccc2c1)C(=O)N[C@@H](CS)C(=O)O. The predicted molar refractivity (Wildman–Crippen MR) is 172 cm³/mol. The van der Waals surface area contributed by atoms with Crippen molar-refractivity contribution in [2.45, 2.75) is 49.9 Å². The van der Waals surface area contributed by atoms with Crippen LogP contribution in [0.1, 0.15) is 24.0 Å². The highest BCUT2D eigenvalue weighted by Gasteiger charge is 2.30. The number of fused-ring (bicyclic) bond motifs is 1. The number of aliphatic carboxylic acids is 1. The van der Waals surface area contributed by atoms with E-state index in [-0.39, 0.29) is 37.5 Å². The molecule has 234 valence electrons. The van der Waals surface area contributed by atoms with E-state index in [0.29, 0.717) is 6.42 Å². The molecule has 3 aromatic carbocycles. The molecule has 13 heteroatoms. The lowest BCUT2D eigenvalue weighted by Gasteiger charge is -2.25. The summed E-state index contributed by atoms with van der Waals surface area (Å²) in [5.74, 6) is -3.56. The first-order valence-corrected chi connectivity index (χ1v) is 14.8. The molecule has 0 aliphatic carbocycles. The third-order valence-electron chi connectivity index (χ3n) is 6.94.